The summed E-state index contributed by atoms with van der Waals surface area (Å²) >= 11 is 7.40. The Hall–Kier alpha value is -3.04. The van der Waals surface area contributed by atoms with E-state index in [0.717, 1.165) is 31.5 Å². The molecule has 0 saturated carbocycles. The van der Waals surface area contributed by atoms with Gasteiger partial charge in [0.1, 0.15) is 5.71 Å². The van der Waals surface area contributed by atoms with Crippen LogP contribution in [-0.4, -0.2) is 52.7 Å². The van der Waals surface area contributed by atoms with E-state index >= 15 is 0 Å². The average molecular weight is 514 g/mol. The third kappa shape index (κ3) is 6.15. The molecule has 2 heterocycles. The summed E-state index contributed by atoms with van der Waals surface area (Å²) in [5.41, 5.74) is 4.87. The molecule has 184 valence electrons. The van der Waals surface area contributed by atoms with E-state index in [1.165, 1.54) is 11.8 Å². The Morgan fingerprint density at radius 1 is 1.14 bits per heavy atom. The van der Waals surface area contributed by atoms with E-state index in [1.807, 2.05) is 42.2 Å². The lowest BCUT2D eigenvalue weighted by Crippen LogP contribution is -2.53. The summed E-state index contributed by atoms with van der Waals surface area (Å²) in [6, 6.07) is 14.6. The van der Waals surface area contributed by atoms with Crippen molar-refractivity contribution in [3.8, 4) is 0 Å². The molecule has 2 aliphatic rings. The normalized spacial score (nSPS) is 17.7. The second-order valence-electron chi connectivity index (χ2n) is 8.41. The largest absolute Gasteiger partial charge is 0.343 e. The molecule has 1 atom stereocenters. The van der Waals surface area contributed by atoms with E-state index in [9.17, 15) is 14.4 Å². The van der Waals surface area contributed by atoms with E-state index in [-0.39, 0.29) is 36.3 Å². The van der Waals surface area contributed by atoms with Gasteiger partial charge < -0.3 is 10.2 Å². The number of carbonyl (C=O) groups is 3. The number of hydrogen-bond donors (Lipinski definition) is 2. The first kappa shape index (κ1) is 25.1. The van der Waals surface area contributed by atoms with Crippen LogP contribution in [0.3, 0.4) is 0 Å². The number of benzene rings is 2. The highest BCUT2D eigenvalue weighted by Crippen LogP contribution is 2.27. The van der Waals surface area contributed by atoms with Crippen molar-refractivity contribution in [2.75, 3.05) is 29.1 Å². The Labute approximate surface area is 214 Å². The van der Waals surface area contributed by atoms with Gasteiger partial charge in [0.15, 0.2) is 5.50 Å². The van der Waals surface area contributed by atoms with E-state index in [4.69, 9.17) is 11.6 Å². The zero-order valence-corrected chi connectivity index (χ0v) is 21.1. The Balaban J connectivity index is 1.42. The smallest absolute Gasteiger partial charge is 0.276 e. The van der Waals surface area contributed by atoms with Crippen molar-refractivity contribution in [3.63, 3.8) is 0 Å². The van der Waals surface area contributed by atoms with Crippen LogP contribution in [0, 0.1) is 6.92 Å². The Morgan fingerprint density at radius 2 is 1.89 bits per heavy atom. The highest BCUT2D eigenvalue weighted by atomic mass is 35.5. The molecule has 3 amide bonds. The molecule has 0 unspecified atom stereocenters. The SMILES string of the molecule is Cc1c(Cl)cccc1NC(=O)CS[C@@H]1NN=C(CCC(=O)N2CCCC2)C(=O)N1c1ccccc1. The molecule has 1 saturated heterocycles. The summed E-state index contributed by atoms with van der Waals surface area (Å²) in [6.45, 7) is 3.40. The molecule has 35 heavy (non-hydrogen) atoms. The van der Waals surface area contributed by atoms with Gasteiger partial charge >= 0.3 is 0 Å². The molecule has 2 aromatic rings. The standard InChI is InChI=1S/C25H28ClN5O3S/c1-17-19(26)10-7-11-20(17)27-22(32)16-35-25-29-28-21(12-13-23(33)30-14-5-6-15-30)24(34)31(25)18-8-3-2-4-9-18/h2-4,7-11,25,29H,5-6,12-16H2,1H3,(H,27,32)/t25-/m1/s1. The van der Waals surface area contributed by atoms with Crippen LogP contribution in [-0.2, 0) is 14.4 Å². The highest BCUT2D eigenvalue weighted by Gasteiger charge is 2.34. The molecule has 1 fully saturated rings. The molecule has 0 bridgehead atoms. The molecular formula is C25H28ClN5O3S. The van der Waals surface area contributed by atoms with Gasteiger partial charge in [0.05, 0.1) is 5.75 Å². The Kier molecular flexibility index (Phi) is 8.30. The van der Waals surface area contributed by atoms with Crippen molar-refractivity contribution in [2.45, 2.75) is 38.1 Å². The van der Waals surface area contributed by atoms with Crippen molar-refractivity contribution in [1.82, 2.24) is 10.3 Å². The predicted octanol–water partition coefficient (Wildman–Crippen LogP) is 4.00. The number of para-hydroxylation sites is 1. The summed E-state index contributed by atoms with van der Waals surface area (Å²) in [7, 11) is 0. The zero-order chi connectivity index (χ0) is 24.8. The number of hydrazone groups is 1. The van der Waals surface area contributed by atoms with Crippen molar-refractivity contribution in [2.24, 2.45) is 5.10 Å². The molecule has 0 aliphatic carbocycles. The molecule has 0 radical (unpaired) electrons. The Morgan fingerprint density at radius 3 is 2.63 bits per heavy atom. The first-order valence-corrected chi connectivity index (χ1v) is 13.0. The fourth-order valence-corrected chi connectivity index (χ4v) is 5.08. The van der Waals surface area contributed by atoms with Crippen LogP contribution in [0.5, 0.6) is 0 Å². The van der Waals surface area contributed by atoms with Crippen LogP contribution in [0.1, 0.15) is 31.2 Å². The lowest BCUT2D eigenvalue weighted by molar-refractivity contribution is -0.130. The van der Waals surface area contributed by atoms with Crippen LogP contribution in [0.15, 0.2) is 53.6 Å². The van der Waals surface area contributed by atoms with E-state index in [0.29, 0.717) is 22.1 Å². The molecule has 0 spiro atoms. The lowest BCUT2D eigenvalue weighted by Gasteiger charge is -2.34. The maximum Gasteiger partial charge on any atom is 0.276 e. The van der Waals surface area contributed by atoms with Crippen LogP contribution in [0.4, 0.5) is 11.4 Å². The van der Waals surface area contributed by atoms with Crippen LogP contribution >= 0.6 is 23.4 Å². The van der Waals surface area contributed by atoms with Gasteiger partial charge in [-0.3, -0.25) is 24.7 Å². The molecule has 10 heteroatoms. The molecular weight excluding hydrogens is 486 g/mol. The number of nitrogens with one attached hydrogen (secondary N) is 2. The van der Waals surface area contributed by atoms with Crippen LogP contribution in [0.2, 0.25) is 5.02 Å². The topological polar surface area (TPSA) is 94.1 Å². The summed E-state index contributed by atoms with van der Waals surface area (Å²) in [4.78, 5) is 41.9. The van der Waals surface area contributed by atoms with E-state index in [1.54, 1.807) is 23.1 Å². The maximum atomic E-state index is 13.4. The van der Waals surface area contributed by atoms with Crippen molar-refractivity contribution in [1.29, 1.82) is 0 Å². The second-order valence-corrected chi connectivity index (χ2v) is 9.89. The zero-order valence-electron chi connectivity index (χ0n) is 19.5. The second kappa shape index (κ2) is 11.6. The number of hydrogen-bond acceptors (Lipinski definition) is 6. The van der Waals surface area contributed by atoms with Gasteiger partial charge in [0.2, 0.25) is 11.8 Å². The van der Waals surface area contributed by atoms with Gasteiger partial charge in [-0.25, -0.2) is 0 Å². The summed E-state index contributed by atoms with van der Waals surface area (Å²) in [6.07, 6.45) is 2.56. The molecule has 2 aromatic carbocycles. The number of carbonyl (C=O) groups excluding carboxylic acids is 3. The first-order valence-electron chi connectivity index (χ1n) is 11.6. The molecule has 2 N–H and O–H groups in total. The molecule has 8 nitrogen and oxygen atoms in total. The summed E-state index contributed by atoms with van der Waals surface area (Å²) in [5.74, 6) is -0.339. The third-order valence-electron chi connectivity index (χ3n) is 5.99. The number of rotatable bonds is 8. The van der Waals surface area contributed by atoms with Crippen LogP contribution in [0.25, 0.3) is 0 Å². The monoisotopic (exact) mass is 513 g/mol. The van der Waals surface area contributed by atoms with E-state index in [2.05, 4.69) is 15.8 Å². The Bertz CT molecular complexity index is 1120. The number of thioether (sulfide) groups is 1. The maximum absolute atomic E-state index is 13.4. The average Bonchev–Trinajstić information content (AvgIpc) is 3.40. The van der Waals surface area contributed by atoms with E-state index < -0.39 is 5.50 Å². The van der Waals surface area contributed by atoms with Crippen molar-refractivity contribution < 1.29 is 14.4 Å². The number of halogens is 1. The highest BCUT2D eigenvalue weighted by molar-refractivity contribution is 8.00. The van der Waals surface area contributed by atoms with Crippen molar-refractivity contribution in [3.05, 3.63) is 59.1 Å². The van der Waals surface area contributed by atoms with Gasteiger partial charge in [0.25, 0.3) is 5.91 Å². The fourth-order valence-electron chi connectivity index (χ4n) is 4.03. The summed E-state index contributed by atoms with van der Waals surface area (Å²) < 4.78 is 0. The molecule has 0 aromatic heterocycles. The minimum atomic E-state index is -0.575. The third-order valence-corrected chi connectivity index (χ3v) is 7.46. The van der Waals surface area contributed by atoms with Gasteiger partial charge in [-0.2, -0.15) is 5.10 Å². The van der Waals surface area contributed by atoms with Crippen LogP contribution < -0.4 is 15.6 Å². The first-order chi connectivity index (χ1) is 16.9. The van der Waals surface area contributed by atoms with Gasteiger partial charge in [-0.15, -0.1) is 11.8 Å². The minimum Gasteiger partial charge on any atom is -0.343 e. The molecule has 2 aliphatic heterocycles. The van der Waals surface area contributed by atoms with Gasteiger partial charge in [0, 0.05) is 42.3 Å². The summed E-state index contributed by atoms with van der Waals surface area (Å²) in [5, 5.41) is 7.74. The number of likely N-dealkylation sites (tertiary alicyclic amines) is 1. The number of anilines is 2. The lowest BCUT2D eigenvalue weighted by atomic mass is 10.1. The molecule has 4 rings (SSSR count). The predicted molar refractivity (Wildman–Crippen MR) is 141 cm³/mol. The number of nitrogens with zero attached hydrogens (tertiary/aromatic N) is 3. The quantitative estimate of drug-likeness (QED) is 0.556. The fraction of sp³-hybridized carbons (Fsp3) is 0.360. The van der Waals surface area contributed by atoms with Crippen molar-refractivity contribution >= 4 is 58.2 Å². The van der Waals surface area contributed by atoms with Gasteiger partial charge in [-0.05, 0) is 49.6 Å². The minimum absolute atomic E-state index is 0.0498. The number of amides is 3. The van der Waals surface area contributed by atoms with Gasteiger partial charge in [-0.1, -0.05) is 35.9 Å².